The van der Waals surface area contributed by atoms with Gasteiger partial charge in [-0.15, -0.1) is 0 Å². The highest BCUT2D eigenvalue weighted by atomic mass is 35.5. The standard InChI is InChI=1S/C15H18ClN3O/c1-10-5-4-6-11(2)14(10)18-15(20)12(3)8-19-9-13(16)7-17-19/h4-7,9,12H,8H2,1-3H3,(H,18,20). The third-order valence-electron chi connectivity index (χ3n) is 3.24. The van der Waals surface area contributed by atoms with Crippen molar-refractivity contribution >= 4 is 23.2 Å². The Morgan fingerprint density at radius 2 is 2.05 bits per heavy atom. The summed E-state index contributed by atoms with van der Waals surface area (Å²) >= 11 is 5.81. The molecule has 1 N–H and O–H groups in total. The van der Waals surface area contributed by atoms with Crippen molar-refractivity contribution in [2.75, 3.05) is 5.32 Å². The van der Waals surface area contributed by atoms with E-state index >= 15 is 0 Å². The molecule has 4 nitrogen and oxygen atoms in total. The molecule has 0 saturated heterocycles. The highest BCUT2D eigenvalue weighted by molar-refractivity contribution is 6.30. The number of nitrogens with zero attached hydrogens (tertiary/aromatic N) is 2. The van der Waals surface area contributed by atoms with Gasteiger partial charge in [-0.3, -0.25) is 9.48 Å². The SMILES string of the molecule is Cc1cccc(C)c1NC(=O)C(C)Cn1cc(Cl)cn1. The van der Waals surface area contributed by atoms with Crippen LogP contribution in [0, 0.1) is 19.8 Å². The van der Waals surface area contributed by atoms with Gasteiger partial charge in [0.15, 0.2) is 0 Å². The van der Waals surface area contributed by atoms with Gasteiger partial charge in [-0.1, -0.05) is 36.7 Å². The first-order chi connectivity index (χ1) is 9.47. The first-order valence-corrected chi connectivity index (χ1v) is 6.90. The van der Waals surface area contributed by atoms with Gasteiger partial charge in [0.2, 0.25) is 5.91 Å². The maximum absolute atomic E-state index is 12.2. The predicted octanol–water partition coefficient (Wildman–Crippen LogP) is 3.43. The van der Waals surface area contributed by atoms with E-state index in [4.69, 9.17) is 11.6 Å². The summed E-state index contributed by atoms with van der Waals surface area (Å²) in [6.45, 7) is 6.35. The van der Waals surface area contributed by atoms with Crippen molar-refractivity contribution in [3.63, 3.8) is 0 Å². The molecule has 20 heavy (non-hydrogen) atoms. The van der Waals surface area contributed by atoms with Gasteiger partial charge < -0.3 is 5.32 Å². The molecule has 0 spiro atoms. The van der Waals surface area contributed by atoms with E-state index in [1.165, 1.54) is 0 Å². The van der Waals surface area contributed by atoms with Crippen LogP contribution in [0.4, 0.5) is 5.69 Å². The lowest BCUT2D eigenvalue weighted by atomic mass is 10.1. The average molecular weight is 292 g/mol. The van der Waals surface area contributed by atoms with Gasteiger partial charge >= 0.3 is 0 Å². The third-order valence-corrected chi connectivity index (χ3v) is 3.43. The second-order valence-corrected chi connectivity index (χ2v) is 5.47. The van der Waals surface area contributed by atoms with E-state index in [-0.39, 0.29) is 11.8 Å². The maximum Gasteiger partial charge on any atom is 0.229 e. The van der Waals surface area contributed by atoms with Crippen molar-refractivity contribution in [3.05, 3.63) is 46.7 Å². The maximum atomic E-state index is 12.2. The van der Waals surface area contributed by atoms with Crippen LogP contribution in [-0.4, -0.2) is 15.7 Å². The second kappa shape index (κ2) is 6.09. The first kappa shape index (κ1) is 14.6. The number of amides is 1. The lowest BCUT2D eigenvalue weighted by Crippen LogP contribution is -2.25. The Morgan fingerprint density at radius 1 is 1.40 bits per heavy atom. The quantitative estimate of drug-likeness (QED) is 0.938. The van der Waals surface area contributed by atoms with Crippen LogP contribution >= 0.6 is 11.6 Å². The van der Waals surface area contributed by atoms with Crippen molar-refractivity contribution in [2.24, 2.45) is 5.92 Å². The van der Waals surface area contributed by atoms with Gasteiger partial charge in [0.25, 0.3) is 0 Å². The van der Waals surface area contributed by atoms with Crippen molar-refractivity contribution in [1.82, 2.24) is 9.78 Å². The van der Waals surface area contributed by atoms with Crippen molar-refractivity contribution < 1.29 is 4.79 Å². The van der Waals surface area contributed by atoms with Crippen LogP contribution in [-0.2, 0) is 11.3 Å². The van der Waals surface area contributed by atoms with Crippen LogP contribution in [0.2, 0.25) is 5.02 Å². The summed E-state index contributed by atoms with van der Waals surface area (Å²) in [7, 11) is 0. The minimum Gasteiger partial charge on any atom is -0.325 e. The number of hydrogen-bond donors (Lipinski definition) is 1. The van der Waals surface area contributed by atoms with Crippen molar-refractivity contribution in [1.29, 1.82) is 0 Å². The number of para-hydroxylation sites is 1. The Morgan fingerprint density at radius 3 is 2.60 bits per heavy atom. The van der Waals surface area contributed by atoms with Gasteiger partial charge in [0.1, 0.15) is 0 Å². The number of hydrogen-bond acceptors (Lipinski definition) is 2. The zero-order valence-corrected chi connectivity index (χ0v) is 12.6. The Hall–Kier alpha value is -1.81. The molecule has 0 saturated carbocycles. The van der Waals surface area contributed by atoms with Crippen LogP contribution in [0.25, 0.3) is 0 Å². The average Bonchev–Trinajstić information content (AvgIpc) is 2.79. The van der Waals surface area contributed by atoms with Gasteiger partial charge in [0.05, 0.1) is 23.7 Å². The topological polar surface area (TPSA) is 46.9 Å². The smallest absolute Gasteiger partial charge is 0.229 e. The Kier molecular flexibility index (Phi) is 4.45. The van der Waals surface area contributed by atoms with Gasteiger partial charge in [-0.05, 0) is 25.0 Å². The number of aromatic nitrogens is 2. The molecule has 0 aliphatic carbocycles. The van der Waals surface area contributed by atoms with Crippen LogP contribution in [0.1, 0.15) is 18.1 Å². The number of anilines is 1. The normalized spacial score (nSPS) is 12.2. The molecular formula is C15H18ClN3O. The molecule has 1 aromatic heterocycles. The monoisotopic (exact) mass is 291 g/mol. The van der Waals surface area contributed by atoms with E-state index < -0.39 is 0 Å². The Labute approximate surface area is 123 Å². The zero-order valence-electron chi connectivity index (χ0n) is 11.9. The number of halogens is 1. The molecule has 106 valence electrons. The molecule has 0 fully saturated rings. The van der Waals surface area contributed by atoms with Gasteiger partial charge in [0, 0.05) is 11.9 Å². The van der Waals surface area contributed by atoms with E-state index in [9.17, 15) is 4.79 Å². The highest BCUT2D eigenvalue weighted by Crippen LogP contribution is 2.20. The number of aryl methyl sites for hydroxylation is 2. The number of carbonyl (C=O) groups is 1. The number of carbonyl (C=O) groups excluding carboxylic acids is 1. The molecule has 0 bridgehead atoms. The largest absolute Gasteiger partial charge is 0.325 e. The summed E-state index contributed by atoms with van der Waals surface area (Å²) in [6, 6.07) is 5.95. The zero-order chi connectivity index (χ0) is 14.7. The van der Waals surface area contributed by atoms with E-state index in [1.807, 2.05) is 39.0 Å². The van der Waals surface area contributed by atoms with E-state index in [1.54, 1.807) is 17.1 Å². The van der Waals surface area contributed by atoms with Crippen LogP contribution in [0.5, 0.6) is 0 Å². The van der Waals surface area contributed by atoms with Crippen molar-refractivity contribution in [2.45, 2.75) is 27.3 Å². The summed E-state index contributed by atoms with van der Waals surface area (Å²) in [6.07, 6.45) is 3.28. The van der Waals surface area contributed by atoms with Gasteiger partial charge in [-0.25, -0.2) is 0 Å². The van der Waals surface area contributed by atoms with E-state index in [2.05, 4.69) is 10.4 Å². The van der Waals surface area contributed by atoms with Crippen LogP contribution < -0.4 is 5.32 Å². The fourth-order valence-corrected chi connectivity index (χ4v) is 2.22. The molecule has 0 aliphatic heterocycles. The summed E-state index contributed by atoms with van der Waals surface area (Å²) in [4.78, 5) is 12.2. The molecular weight excluding hydrogens is 274 g/mol. The number of benzene rings is 1. The summed E-state index contributed by atoms with van der Waals surface area (Å²) < 4.78 is 1.68. The molecule has 1 amide bonds. The van der Waals surface area contributed by atoms with Crippen molar-refractivity contribution in [3.8, 4) is 0 Å². The minimum atomic E-state index is -0.190. The lowest BCUT2D eigenvalue weighted by molar-refractivity contribution is -0.119. The van der Waals surface area contributed by atoms with E-state index in [0.717, 1.165) is 16.8 Å². The lowest BCUT2D eigenvalue weighted by Gasteiger charge is -2.15. The molecule has 1 heterocycles. The summed E-state index contributed by atoms with van der Waals surface area (Å²) in [5.41, 5.74) is 3.02. The van der Waals surface area contributed by atoms with E-state index in [0.29, 0.717) is 11.6 Å². The fourth-order valence-electron chi connectivity index (χ4n) is 2.06. The summed E-state index contributed by atoms with van der Waals surface area (Å²) in [5.74, 6) is -0.209. The molecule has 0 aliphatic rings. The third kappa shape index (κ3) is 3.39. The molecule has 2 aromatic rings. The van der Waals surface area contributed by atoms with Gasteiger partial charge in [-0.2, -0.15) is 5.10 Å². The molecule has 2 rings (SSSR count). The Bertz CT molecular complexity index is 601. The minimum absolute atomic E-state index is 0.0194. The second-order valence-electron chi connectivity index (χ2n) is 5.04. The fraction of sp³-hybridized carbons (Fsp3) is 0.333. The number of nitrogens with one attached hydrogen (secondary N) is 1. The molecule has 1 aromatic carbocycles. The predicted molar refractivity (Wildman–Crippen MR) is 80.9 cm³/mol. The van der Waals surface area contributed by atoms with Crippen LogP contribution in [0.15, 0.2) is 30.6 Å². The molecule has 5 heteroatoms. The molecule has 0 radical (unpaired) electrons. The highest BCUT2D eigenvalue weighted by Gasteiger charge is 2.16. The summed E-state index contributed by atoms with van der Waals surface area (Å²) in [5, 5.41) is 7.65. The molecule has 1 atom stereocenters. The number of rotatable bonds is 4. The first-order valence-electron chi connectivity index (χ1n) is 6.52. The molecule has 1 unspecified atom stereocenters. The Balaban J connectivity index is 2.04. The van der Waals surface area contributed by atoms with Crippen LogP contribution in [0.3, 0.4) is 0 Å².